The summed E-state index contributed by atoms with van der Waals surface area (Å²) < 4.78 is 1.77. The van der Waals surface area contributed by atoms with E-state index in [2.05, 4.69) is 27.6 Å². The normalized spacial score (nSPS) is 15.9. The van der Waals surface area contributed by atoms with Crippen LogP contribution in [0.2, 0.25) is 5.02 Å². The topological polar surface area (TPSA) is 82.5 Å². The fraction of sp³-hybridized carbons (Fsp3) is 0.393. The lowest BCUT2D eigenvalue weighted by Gasteiger charge is -2.30. The van der Waals surface area contributed by atoms with E-state index in [4.69, 9.17) is 11.6 Å². The van der Waals surface area contributed by atoms with E-state index >= 15 is 0 Å². The highest BCUT2D eigenvalue weighted by Gasteiger charge is 2.27. The molecule has 0 aliphatic carbocycles. The average Bonchev–Trinajstić information content (AvgIpc) is 3.15. The zero-order chi connectivity index (χ0) is 25.9. The van der Waals surface area contributed by atoms with Crippen molar-refractivity contribution in [1.29, 1.82) is 0 Å². The third kappa shape index (κ3) is 5.36. The Hall–Kier alpha value is -3.36. The number of nitrogens with zero attached hydrogens (tertiary/aromatic N) is 4. The molecule has 0 unspecified atom stereocenters. The first-order valence-corrected chi connectivity index (χ1v) is 13.3. The van der Waals surface area contributed by atoms with Gasteiger partial charge in [-0.25, -0.2) is 0 Å². The largest absolute Gasteiger partial charge is 0.352 e. The SMILES string of the molecule is CCCN1CCC(C(=O)NCc2ccc(C(=O)N3Cc4cnn(C)c4Nc4ccccc43)cc2Cl)CC1. The Kier molecular flexibility index (Phi) is 7.48. The second-order valence-electron chi connectivity index (χ2n) is 9.82. The zero-order valence-electron chi connectivity index (χ0n) is 21.3. The van der Waals surface area contributed by atoms with Crippen LogP contribution in [0.25, 0.3) is 0 Å². The maximum absolute atomic E-state index is 13.7. The zero-order valence-corrected chi connectivity index (χ0v) is 22.1. The van der Waals surface area contributed by atoms with Crippen molar-refractivity contribution < 1.29 is 9.59 Å². The molecule has 3 aromatic rings. The fourth-order valence-electron chi connectivity index (χ4n) is 5.18. The number of aromatic nitrogens is 2. The number of piperidine rings is 1. The van der Waals surface area contributed by atoms with Crippen molar-refractivity contribution in [1.82, 2.24) is 20.0 Å². The van der Waals surface area contributed by atoms with Crippen LogP contribution in [0.4, 0.5) is 17.2 Å². The average molecular weight is 521 g/mol. The number of halogens is 1. The standard InChI is InChI=1S/C28H33ClN6O2/c1-3-12-34-13-10-19(11-14-34)27(36)30-16-21-9-8-20(15-23(21)29)28(37)35-18-22-17-31-33(2)26(22)32-24-6-4-5-7-25(24)35/h4-9,15,17,19,32H,3,10-14,16,18H2,1-2H3,(H,30,36). The Bertz CT molecular complexity index is 1300. The number of aryl methyl sites for hydroxylation is 1. The monoisotopic (exact) mass is 520 g/mol. The third-order valence-corrected chi connectivity index (χ3v) is 7.64. The summed E-state index contributed by atoms with van der Waals surface area (Å²) >= 11 is 6.60. The number of benzene rings is 2. The first-order chi connectivity index (χ1) is 17.9. The lowest BCUT2D eigenvalue weighted by molar-refractivity contribution is -0.126. The van der Waals surface area contributed by atoms with Gasteiger partial charge in [-0.3, -0.25) is 14.3 Å². The van der Waals surface area contributed by atoms with E-state index in [1.807, 2.05) is 37.4 Å². The molecule has 0 saturated carbocycles. The summed E-state index contributed by atoms with van der Waals surface area (Å²) in [7, 11) is 1.87. The van der Waals surface area contributed by atoms with E-state index in [1.54, 1.807) is 27.9 Å². The molecule has 37 heavy (non-hydrogen) atoms. The maximum Gasteiger partial charge on any atom is 0.258 e. The van der Waals surface area contributed by atoms with E-state index in [-0.39, 0.29) is 17.7 Å². The van der Waals surface area contributed by atoms with E-state index in [0.717, 1.165) is 67.2 Å². The van der Waals surface area contributed by atoms with Crippen molar-refractivity contribution in [2.75, 3.05) is 29.9 Å². The summed E-state index contributed by atoms with van der Waals surface area (Å²) in [6.45, 7) is 5.95. The van der Waals surface area contributed by atoms with E-state index in [9.17, 15) is 9.59 Å². The van der Waals surface area contributed by atoms with Gasteiger partial charge in [0.25, 0.3) is 5.91 Å². The summed E-state index contributed by atoms with van der Waals surface area (Å²) in [6, 6.07) is 13.0. The van der Waals surface area contributed by atoms with Crippen LogP contribution in [0.3, 0.4) is 0 Å². The lowest BCUT2D eigenvalue weighted by Crippen LogP contribution is -2.40. The van der Waals surface area contributed by atoms with Gasteiger partial charge in [-0.05, 0) is 68.7 Å². The number of hydrogen-bond donors (Lipinski definition) is 2. The number of anilines is 3. The Morgan fingerprint density at radius 3 is 2.70 bits per heavy atom. The molecule has 0 spiro atoms. The first kappa shape index (κ1) is 25.3. The summed E-state index contributed by atoms with van der Waals surface area (Å²) in [5, 5.41) is 11.3. The summed E-state index contributed by atoms with van der Waals surface area (Å²) in [6.07, 6.45) is 4.69. The first-order valence-electron chi connectivity index (χ1n) is 12.9. The Morgan fingerprint density at radius 1 is 1.16 bits per heavy atom. The molecule has 2 N–H and O–H groups in total. The molecule has 5 rings (SSSR count). The van der Waals surface area contributed by atoms with E-state index < -0.39 is 0 Å². The molecular formula is C28H33ClN6O2. The lowest BCUT2D eigenvalue weighted by atomic mass is 9.95. The number of nitrogens with one attached hydrogen (secondary N) is 2. The summed E-state index contributed by atoms with van der Waals surface area (Å²) in [5.41, 5.74) is 3.84. The number of hydrogen-bond acceptors (Lipinski definition) is 5. The third-order valence-electron chi connectivity index (χ3n) is 7.29. The van der Waals surface area contributed by atoms with Crippen LogP contribution in [0.15, 0.2) is 48.7 Å². The number of likely N-dealkylation sites (tertiary alicyclic amines) is 1. The molecule has 3 heterocycles. The van der Waals surface area contributed by atoms with Gasteiger partial charge in [-0.15, -0.1) is 0 Å². The van der Waals surface area contributed by atoms with Crippen molar-refractivity contribution >= 4 is 40.6 Å². The van der Waals surface area contributed by atoms with Crippen LogP contribution >= 0.6 is 11.6 Å². The van der Waals surface area contributed by atoms with Gasteiger partial charge in [-0.1, -0.05) is 36.7 Å². The molecule has 2 amide bonds. The number of fused-ring (bicyclic) bond motifs is 2. The van der Waals surface area contributed by atoms with Crippen LogP contribution in [0.5, 0.6) is 0 Å². The van der Waals surface area contributed by atoms with Gasteiger partial charge in [0, 0.05) is 35.7 Å². The number of para-hydroxylation sites is 2. The molecule has 0 radical (unpaired) electrons. The van der Waals surface area contributed by atoms with E-state index in [1.165, 1.54) is 0 Å². The van der Waals surface area contributed by atoms with E-state index in [0.29, 0.717) is 23.7 Å². The van der Waals surface area contributed by atoms with Gasteiger partial charge < -0.3 is 20.4 Å². The maximum atomic E-state index is 13.7. The molecule has 2 aromatic carbocycles. The van der Waals surface area contributed by atoms with Gasteiger partial charge in [0.15, 0.2) is 0 Å². The van der Waals surface area contributed by atoms with Gasteiger partial charge in [0.2, 0.25) is 5.91 Å². The second kappa shape index (κ2) is 10.9. The van der Waals surface area contributed by atoms with Crippen LogP contribution in [0.1, 0.15) is 47.7 Å². The minimum absolute atomic E-state index is 0.0433. The highest BCUT2D eigenvalue weighted by Crippen LogP contribution is 2.36. The molecule has 0 atom stereocenters. The molecule has 1 fully saturated rings. The number of carbonyl (C=O) groups excluding carboxylic acids is 2. The molecule has 1 saturated heterocycles. The number of carbonyl (C=O) groups is 2. The Balaban J connectivity index is 1.27. The predicted octanol–water partition coefficient (Wildman–Crippen LogP) is 4.72. The molecule has 8 nitrogen and oxygen atoms in total. The van der Waals surface area contributed by atoms with Crippen molar-refractivity contribution in [2.24, 2.45) is 13.0 Å². The minimum Gasteiger partial charge on any atom is -0.352 e. The quantitative estimate of drug-likeness (QED) is 0.491. The van der Waals surface area contributed by atoms with Crippen LogP contribution in [-0.2, 0) is 24.9 Å². The molecule has 194 valence electrons. The van der Waals surface area contributed by atoms with Crippen LogP contribution < -0.4 is 15.5 Å². The van der Waals surface area contributed by atoms with Crippen molar-refractivity contribution in [2.45, 2.75) is 39.3 Å². The van der Waals surface area contributed by atoms with Crippen LogP contribution in [-0.4, -0.2) is 46.1 Å². The van der Waals surface area contributed by atoms with Gasteiger partial charge in [-0.2, -0.15) is 5.10 Å². The van der Waals surface area contributed by atoms with Crippen LogP contribution in [0, 0.1) is 5.92 Å². The van der Waals surface area contributed by atoms with Gasteiger partial charge in [0.1, 0.15) is 5.82 Å². The molecule has 2 aliphatic rings. The van der Waals surface area contributed by atoms with Crippen molar-refractivity contribution in [3.63, 3.8) is 0 Å². The minimum atomic E-state index is -0.151. The number of amides is 2. The molecular weight excluding hydrogens is 488 g/mol. The fourth-order valence-corrected chi connectivity index (χ4v) is 5.43. The second-order valence-corrected chi connectivity index (χ2v) is 10.2. The Morgan fingerprint density at radius 2 is 1.95 bits per heavy atom. The predicted molar refractivity (Wildman–Crippen MR) is 146 cm³/mol. The molecule has 2 aliphatic heterocycles. The van der Waals surface area contributed by atoms with Crippen molar-refractivity contribution in [3.05, 3.63) is 70.4 Å². The molecule has 9 heteroatoms. The van der Waals surface area contributed by atoms with Gasteiger partial charge >= 0.3 is 0 Å². The summed E-state index contributed by atoms with van der Waals surface area (Å²) in [5.74, 6) is 0.834. The highest BCUT2D eigenvalue weighted by molar-refractivity contribution is 6.32. The smallest absolute Gasteiger partial charge is 0.258 e. The van der Waals surface area contributed by atoms with Gasteiger partial charge in [0.05, 0.1) is 24.1 Å². The summed E-state index contributed by atoms with van der Waals surface area (Å²) in [4.78, 5) is 30.6. The Labute approximate surface area is 222 Å². The molecule has 1 aromatic heterocycles. The highest BCUT2D eigenvalue weighted by atomic mass is 35.5. The number of rotatable bonds is 6. The molecule has 0 bridgehead atoms. The van der Waals surface area contributed by atoms with Crippen molar-refractivity contribution in [3.8, 4) is 0 Å².